The molecule has 1 N–H and O–H groups in total. The standard InChI is InChI=1S/C25H29NO8/c1-30-11-7-10-26-21(16-13-18(32-3)24(34-5)19(14-16)33-4)20(23(28)25(26)29)22(27)15-8-6-9-17(12-15)31-2/h6,8-9,12-14,21,27H,7,10-11H2,1-5H3. The first-order valence-electron chi connectivity index (χ1n) is 10.6. The third kappa shape index (κ3) is 4.65. The third-order valence-corrected chi connectivity index (χ3v) is 5.63. The molecule has 1 heterocycles. The fourth-order valence-electron chi connectivity index (χ4n) is 4.02. The van der Waals surface area contributed by atoms with Crippen LogP contribution in [0.4, 0.5) is 0 Å². The van der Waals surface area contributed by atoms with Crippen molar-refractivity contribution in [3.63, 3.8) is 0 Å². The van der Waals surface area contributed by atoms with Gasteiger partial charge >= 0.3 is 0 Å². The molecular weight excluding hydrogens is 442 g/mol. The number of benzene rings is 2. The minimum absolute atomic E-state index is 0.0371. The maximum atomic E-state index is 13.2. The van der Waals surface area contributed by atoms with E-state index < -0.39 is 17.7 Å². The van der Waals surface area contributed by atoms with Gasteiger partial charge in [-0.05, 0) is 36.2 Å². The topological polar surface area (TPSA) is 104 Å². The van der Waals surface area contributed by atoms with E-state index in [0.29, 0.717) is 47.2 Å². The number of carbonyl (C=O) groups excluding carboxylic acids is 2. The number of rotatable bonds is 10. The molecular formula is C25H29NO8. The quantitative estimate of drug-likeness (QED) is 0.244. The van der Waals surface area contributed by atoms with Crippen LogP contribution in [0.2, 0.25) is 0 Å². The molecule has 0 aromatic heterocycles. The summed E-state index contributed by atoms with van der Waals surface area (Å²) in [5, 5.41) is 11.2. The number of ether oxygens (including phenoxy) is 5. The van der Waals surface area contributed by atoms with Gasteiger partial charge in [-0.2, -0.15) is 0 Å². The van der Waals surface area contributed by atoms with Gasteiger partial charge in [0.1, 0.15) is 11.5 Å². The van der Waals surface area contributed by atoms with E-state index in [1.54, 1.807) is 43.5 Å². The van der Waals surface area contributed by atoms with Gasteiger partial charge in [-0.1, -0.05) is 12.1 Å². The smallest absolute Gasteiger partial charge is 0.295 e. The van der Waals surface area contributed by atoms with Gasteiger partial charge in [-0.15, -0.1) is 0 Å². The summed E-state index contributed by atoms with van der Waals surface area (Å²) in [6, 6.07) is 9.10. The van der Waals surface area contributed by atoms with Crippen molar-refractivity contribution in [3.8, 4) is 23.0 Å². The summed E-state index contributed by atoms with van der Waals surface area (Å²) in [6.07, 6.45) is 0.504. The van der Waals surface area contributed by atoms with Gasteiger partial charge in [0.25, 0.3) is 11.7 Å². The molecule has 9 nitrogen and oxygen atoms in total. The maximum Gasteiger partial charge on any atom is 0.295 e. The lowest BCUT2D eigenvalue weighted by molar-refractivity contribution is -0.140. The number of aliphatic hydroxyl groups is 1. The zero-order valence-corrected chi connectivity index (χ0v) is 19.9. The Morgan fingerprint density at radius 1 is 0.941 bits per heavy atom. The van der Waals surface area contributed by atoms with Crippen LogP contribution in [0.5, 0.6) is 23.0 Å². The minimum Gasteiger partial charge on any atom is -0.507 e. The summed E-state index contributed by atoms with van der Waals surface area (Å²) in [5.74, 6) is -0.192. The molecule has 2 aromatic carbocycles. The Bertz CT molecular complexity index is 1070. The fraction of sp³-hybridized carbons (Fsp3) is 0.360. The van der Waals surface area contributed by atoms with E-state index in [1.165, 1.54) is 33.3 Å². The van der Waals surface area contributed by atoms with Gasteiger partial charge < -0.3 is 33.7 Å². The average Bonchev–Trinajstić information content (AvgIpc) is 3.12. The van der Waals surface area contributed by atoms with Gasteiger partial charge in [0.15, 0.2) is 11.5 Å². The summed E-state index contributed by atoms with van der Waals surface area (Å²) in [4.78, 5) is 27.7. The van der Waals surface area contributed by atoms with Crippen LogP contribution in [0.15, 0.2) is 42.0 Å². The first kappa shape index (κ1) is 24.9. The number of nitrogens with zero attached hydrogens (tertiary/aromatic N) is 1. The van der Waals surface area contributed by atoms with E-state index in [9.17, 15) is 14.7 Å². The van der Waals surface area contributed by atoms with Crippen molar-refractivity contribution in [1.29, 1.82) is 0 Å². The second kappa shape index (κ2) is 10.9. The summed E-state index contributed by atoms with van der Waals surface area (Å²) < 4.78 is 26.7. The van der Waals surface area contributed by atoms with Crippen LogP contribution >= 0.6 is 0 Å². The molecule has 1 saturated heterocycles. The molecule has 1 amide bonds. The largest absolute Gasteiger partial charge is 0.507 e. The van der Waals surface area contributed by atoms with Crippen LogP contribution < -0.4 is 18.9 Å². The van der Waals surface area contributed by atoms with Gasteiger partial charge in [0.2, 0.25) is 5.75 Å². The monoisotopic (exact) mass is 471 g/mol. The number of hydrogen-bond donors (Lipinski definition) is 1. The average molecular weight is 472 g/mol. The molecule has 0 aliphatic carbocycles. The molecule has 1 aliphatic heterocycles. The lowest BCUT2D eigenvalue weighted by Gasteiger charge is -2.26. The molecule has 1 atom stereocenters. The Labute approximate surface area is 198 Å². The molecule has 1 unspecified atom stereocenters. The lowest BCUT2D eigenvalue weighted by atomic mass is 9.94. The third-order valence-electron chi connectivity index (χ3n) is 5.63. The molecule has 1 fully saturated rings. The summed E-state index contributed by atoms with van der Waals surface area (Å²) in [7, 11) is 7.51. The van der Waals surface area contributed by atoms with Crippen molar-refractivity contribution < 1.29 is 38.4 Å². The summed E-state index contributed by atoms with van der Waals surface area (Å²) >= 11 is 0. The normalized spacial score (nSPS) is 17.1. The number of hydrogen-bond acceptors (Lipinski definition) is 8. The number of methoxy groups -OCH3 is 5. The van der Waals surface area contributed by atoms with Crippen molar-refractivity contribution in [2.45, 2.75) is 12.5 Å². The van der Waals surface area contributed by atoms with E-state index in [1.807, 2.05) is 0 Å². The molecule has 0 saturated carbocycles. The molecule has 0 spiro atoms. The molecule has 0 radical (unpaired) electrons. The minimum atomic E-state index is -0.878. The highest BCUT2D eigenvalue weighted by Crippen LogP contribution is 2.45. The van der Waals surface area contributed by atoms with Crippen LogP contribution in [0, 0.1) is 0 Å². The predicted molar refractivity (Wildman–Crippen MR) is 125 cm³/mol. The molecule has 3 rings (SSSR count). The van der Waals surface area contributed by atoms with Gasteiger partial charge in [-0.25, -0.2) is 0 Å². The predicted octanol–water partition coefficient (Wildman–Crippen LogP) is 3.18. The molecule has 182 valence electrons. The lowest BCUT2D eigenvalue weighted by Crippen LogP contribution is -2.31. The second-order valence-corrected chi connectivity index (χ2v) is 7.53. The van der Waals surface area contributed by atoms with Crippen LogP contribution in [0.25, 0.3) is 5.76 Å². The van der Waals surface area contributed by atoms with Crippen molar-refractivity contribution in [3.05, 3.63) is 53.1 Å². The molecule has 2 aromatic rings. The van der Waals surface area contributed by atoms with E-state index >= 15 is 0 Å². The van der Waals surface area contributed by atoms with Crippen LogP contribution in [-0.2, 0) is 14.3 Å². The Morgan fingerprint density at radius 3 is 2.18 bits per heavy atom. The zero-order valence-electron chi connectivity index (χ0n) is 19.9. The van der Waals surface area contributed by atoms with Crippen LogP contribution in [0.3, 0.4) is 0 Å². The van der Waals surface area contributed by atoms with Crippen LogP contribution in [0.1, 0.15) is 23.6 Å². The van der Waals surface area contributed by atoms with E-state index in [4.69, 9.17) is 23.7 Å². The molecule has 34 heavy (non-hydrogen) atoms. The highest BCUT2D eigenvalue weighted by Gasteiger charge is 2.46. The van der Waals surface area contributed by atoms with Crippen molar-refractivity contribution in [2.75, 3.05) is 48.7 Å². The zero-order chi connectivity index (χ0) is 24.8. The highest BCUT2D eigenvalue weighted by molar-refractivity contribution is 6.46. The molecule has 0 bridgehead atoms. The Hall–Kier alpha value is -3.72. The van der Waals surface area contributed by atoms with Gasteiger partial charge in [0.05, 0.1) is 40.1 Å². The van der Waals surface area contributed by atoms with Crippen molar-refractivity contribution in [2.24, 2.45) is 0 Å². The molecule has 1 aliphatic rings. The number of ketones is 1. The fourth-order valence-corrected chi connectivity index (χ4v) is 4.02. The number of Topliss-reactive ketones (excluding diaryl/α,β-unsaturated/α-hetero) is 1. The Morgan fingerprint density at radius 2 is 1.62 bits per heavy atom. The molecule has 9 heteroatoms. The number of likely N-dealkylation sites (tertiary alicyclic amines) is 1. The second-order valence-electron chi connectivity index (χ2n) is 7.53. The van der Waals surface area contributed by atoms with Gasteiger partial charge in [-0.3, -0.25) is 9.59 Å². The highest BCUT2D eigenvalue weighted by atomic mass is 16.5. The number of carbonyl (C=O) groups is 2. The first-order valence-corrected chi connectivity index (χ1v) is 10.6. The first-order chi connectivity index (χ1) is 16.4. The van der Waals surface area contributed by atoms with E-state index in [-0.39, 0.29) is 17.9 Å². The van der Waals surface area contributed by atoms with E-state index in [2.05, 4.69) is 0 Å². The van der Waals surface area contributed by atoms with E-state index in [0.717, 1.165) is 0 Å². The van der Waals surface area contributed by atoms with Gasteiger partial charge in [0, 0.05) is 25.8 Å². The maximum absolute atomic E-state index is 13.2. The summed E-state index contributed by atoms with van der Waals surface area (Å²) in [5.41, 5.74) is 0.840. The van der Waals surface area contributed by atoms with Crippen molar-refractivity contribution in [1.82, 2.24) is 4.90 Å². The number of amides is 1. The SMILES string of the molecule is COCCCN1C(=O)C(=O)C(=C(O)c2cccc(OC)c2)C1c1cc(OC)c(OC)c(OC)c1. The van der Waals surface area contributed by atoms with Crippen molar-refractivity contribution >= 4 is 17.4 Å². The van der Waals surface area contributed by atoms with Crippen LogP contribution in [-0.4, -0.2) is 70.4 Å². The number of aliphatic hydroxyl groups excluding tert-OH is 1. The Kier molecular flexibility index (Phi) is 8.01. The summed E-state index contributed by atoms with van der Waals surface area (Å²) in [6.45, 7) is 0.648. The Balaban J connectivity index is 2.24.